The second-order valence-electron chi connectivity index (χ2n) is 5.18. The first-order chi connectivity index (χ1) is 9.51. The van der Waals surface area contributed by atoms with Crippen molar-refractivity contribution < 1.29 is 15.1 Å². The van der Waals surface area contributed by atoms with Gasteiger partial charge >= 0.3 is 0 Å². The molecule has 0 spiro atoms. The van der Waals surface area contributed by atoms with Gasteiger partial charge in [0, 0.05) is 18.3 Å². The summed E-state index contributed by atoms with van der Waals surface area (Å²) >= 11 is 0. The Morgan fingerprint density at radius 2 is 2.10 bits per heavy atom. The molecule has 1 aliphatic rings. The van der Waals surface area contributed by atoms with Crippen LogP contribution in [0.4, 0.5) is 5.69 Å². The first kappa shape index (κ1) is 14.6. The summed E-state index contributed by atoms with van der Waals surface area (Å²) in [5, 5.41) is 30.6. The number of hydrogen-bond donors (Lipinski definition) is 2. The van der Waals surface area contributed by atoms with E-state index in [0.29, 0.717) is 12.8 Å². The molecule has 0 saturated heterocycles. The third-order valence-corrected chi connectivity index (χ3v) is 3.67. The zero-order valence-corrected chi connectivity index (χ0v) is 11.1. The second-order valence-corrected chi connectivity index (χ2v) is 5.18. The van der Waals surface area contributed by atoms with Crippen LogP contribution in [0.15, 0.2) is 29.3 Å². The van der Waals surface area contributed by atoms with Crippen molar-refractivity contribution in [3.05, 3.63) is 39.9 Å². The standard InChI is InChI=1S/C14H18N2O4/c17-13-3-1-2-8-14(13,18)10-15-9-11-4-6-12(7-5-11)16(19)20/h4-7,9,13,17-18H,1-3,8,10H2/t13-,14+/m0/s1. The predicted octanol–water partition coefficient (Wildman–Crippen LogP) is 1.68. The Labute approximate surface area is 116 Å². The zero-order chi connectivity index (χ0) is 14.6. The molecule has 2 atom stereocenters. The van der Waals surface area contributed by atoms with Gasteiger partial charge in [0.25, 0.3) is 5.69 Å². The summed E-state index contributed by atoms with van der Waals surface area (Å²) in [4.78, 5) is 14.2. The number of nitro benzene ring substituents is 1. The lowest BCUT2D eigenvalue weighted by Crippen LogP contribution is -2.47. The number of aliphatic imine (C=N–C) groups is 1. The van der Waals surface area contributed by atoms with Gasteiger partial charge in [-0.15, -0.1) is 0 Å². The van der Waals surface area contributed by atoms with Crippen molar-refractivity contribution in [2.24, 2.45) is 4.99 Å². The van der Waals surface area contributed by atoms with Crippen LogP contribution >= 0.6 is 0 Å². The molecule has 1 fully saturated rings. The van der Waals surface area contributed by atoms with Crippen molar-refractivity contribution in [1.29, 1.82) is 0 Å². The Morgan fingerprint density at radius 1 is 1.40 bits per heavy atom. The van der Waals surface area contributed by atoms with Crippen LogP contribution in [0.1, 0.15) is 31.2 Å². The van der Waals surface area contributed by atoms with E-state index in [1.54, 1.807) is 18.3 Å². The highest BCUT2D eigenvalue weighted by Crippen LogP contribution is 2.28. The fourth-order valence-electron chi connectivity index (χ4n) is 2.38. The van der Waals surface area contributed by atoms with Gasteiger partial charge in [-0.25, -0.2) is 0 Å². The molecule has 0 aromatic heterocycles. The Bertz CT molecular complexity index is 500. The molecule has 2 N–H and O–H groups in total. The first-order valence-corrected chi connectivity index (χ1v) is 6.66. The highest BCUT2D eigenvalue weighted by Gasteiger charge is 2.37. The van der Waals surface area contributed by atoms with Crippen LogP contribution < -0.4 is 0 Å². The van der Waals surface area contributed by atoms with Crippen LogP contribution in [0.5, 0.6) is 0 Å². The monoisotopic (exact) mass is 278 g/mol. The molecule has 0 unspecified atom stereocenters. The molecule has 0 radical (unpaired) electrons. The smallest absolute Gasteiger partial charge is 0.269 e. The number of nitrogens with zero attached hydrogens (tertiary/aromatic N) is 2. The van der Waals surface area contributed by atoms with E-state index < -0.39 is 16.6 Å². The summed E-state index contributed by atoms with van der Waals surface area (Å²) in [6.45, 7) is 0.144. The minimum Gasteiger partial charge on any atom is -0.390 e. The van der Waals surface area contributed by atoms with Gasteiger partial charge in [0.1, 0.15) is 5.60 Å². The van der Waals surface area contributed by atoms with Crippen LogP contribution in [0.25, 0.3) is 0 Å². The van der Waals surface area contributed by atoms with Gasteiger partial charge in [-0.05, 0) is 30.5 Å². The van der Waals surface area contributed by atoms with Crippen molar-refractivity contribution in [3.63, 3.8) is 0 Å². The van der Waals surface area contributed by atoms with Gasteiger partial charge in [-0.1, -0.05) is 12.8 Å². The lowest BCUT2D eigenvalue weighted by atomic mass is 9.82. The van der Waals surface area contributed by atoms with Crippen LogP contribution in [-0.2, 0) is 0 Å². The van der Waals surface area contributed by atoms with Crippen LogP contribution in [0, 0.1) is 10.1 Å². The number of rotatable bonds is 4. The Kier molecular flexibility index (Phi) is 4.46. The largest absolute Gasteiger partial charge is 0.390 e. The summed E-state index contributed by atoms with van der Waals surface area (Å²) in [5.74, 6) is 0. The second kappa shape index (κ2) is 6.11. The van der Waals surface area contributed by atoms with E-state index in [-0.39, 0.29) is 12.2 Å². The van der Waals surface area contributed by atoms with E-state index in [2.05, 4.69) is 4.99 Å². The van der Waals surface area contributed by atoms with E-state index in [0.717, 1.165) is 18.4 Å². The summed E-state index contributed by atoms with van der Waals surface area (Å²) in [6.07, 6.45) is 3.79. The van der Waals surface area contributed by atoms with Gasteiger partial charge in [0.2, 0.25) is 0 Å². The molecule has 108 valence electrons. The highest BCUT2D eigenvalue weighted by molar-refractivity contribution is 5.79. The summed E-state index contributed by atoms with van der Waals surface area (Å²) in [5.41, 5.74) is -0.386. The summed E-state index contributed by atoms with van der Waals surface area (Å²) in [6, 6.07) is 6.02. The van der Waals surface area contributed by atoms with Gasteiger partial charge in [0.15, 0.2) is 0 Å². The van der Waals surface area contributed by atoms with Crippen LogP contribution in [0.3, 0.4) is 0 Å². The maximum atomic E-state index is 10.5. The molecular formula is C14H18N2O4. The number of aliphatic hydroxyl groups excluding tert-OH is 1. The molecular weight excluding hydrogens is 260 g/mol. The highest BCUT2D eigenvalue weighted by atomic mass is 16.6. The van der Waals surface area contributed by atoms with Crippen molar-refractivity contribution in [2.45, 2.75) is 37.4 Å². The molecule has 6 heteroatoms. The summed E-state index contributed by atoms with van der Waals surface area (Å²) < 4.78 is 0. The molecule has 6 nitrogen and oxygen atoms in total. The minimum absolute atomic E-state index is 0.0310. The van der Waals surface area contributed by atoms with Crippen molar-refractivity contribution >= 4 is 11.9 Å². The quantitative estimate of drug-likeness (QED) is 0.497. The summed E-state index contributed by atoms with van der Waals surface area (Å²) in [7, 11) is 0. The predicted molar refractivity (Wildman–Crippen MR) is 75.0 cm³/mol. The van der Waals surface area contributed by atoms with Crippen LogP contribution in [-0.4, -0.2) is 39.6 Å². The molecule has 0 aliphatic heterocycles. The molecule has 20 heavy (non-hydrogen) atoms. The minimum atomic E-state index is -1.14. The normalized spacial score (nSPS) is 26.8. The fourth-order valence-corrected chi connectivity index (χ4v) is 2.38. The number of hydrogen-bond acceptors (Lipinski definition) is 5. The van der Waals surface area contributed by atoms with E-state index in [4.69, 9.17) is 0 Å². The Hall–Kier alpha value is -1.79. The molecule has 0 bridgehead atoms. The van der Waals surface area contributed by atoms with E-state index in [9.17, 15) is 20.3 Å². The number of aliphatic hydroxyl groups is 2. The molecule has 1 aliphatic carbocycles. The van der Waals surface area contributed by atoms with Crippen molar-refractivity contribution in [3.8, 4) is 0 Å². The third kappa shape index (κ3) is 3.40. The van der Waals surface area contributed by atoms with Gasteiger partial charge in [0.05, 0.1) is 17.6 Å². The molecule has 0 amide bonds. The van der Waals surface area contributed by atoms with Gasteiger partial charge in [-0.2, -0.15) is 0 Å². The van der Waals surface area contributed by atoms with E-state index in [1.807, 2.05) is 0 Å². The molecule has 0 heterocycles. The topological polar surface area (TPSA) is 96.0 Å². The Morgan fingerprint density at radius 3 is 2.70 bits per heavy atom. The SMILES string of the molecule is O=[N+]([O-])c1ccc(C=NC[C@]2(O)CCCC[C@@H]2O)cc1. The third-order valence-electron chi connectivity index (χ3n) is 3.67. The average molecular weight is 278 g/mol. The van der Waals surface area contributed by atoms with Crippen molar-refractivity contribution in [1.82, 2.24) is 0 Å². The lowest BCUT2D eigenvalue weighted by Gasteiger charge is -2.35. The van der Waals surface area contributed by atoms with Crippen LogP contribution in [0.2, 0.25) is 0 Å². The maximum Gasteiger partial charge on any atom is 0.269 e. The number of nitro groups is 1. The number of non-ortho nitro benzene ring substituents is 1. The maximum absolute atomic E-state index is 10.5. The molecule has 1 saturated carbocycles. The zero-order valence-electron chi connectivity index (χ0n) is 11.1. The Balaban J connectivity index is 1.97. The first-order valence-electron chi connectivity index (χ1n) is 6.66. The van der Waals surface area contributed by atoms with E-state index >= 15 is 0 Å². The van der Waals surface area contributed by atoms with Gasteiger partial charge < -0.3 is 10.2 Å². The average Bonchev–Trinajstić information content (AvgIpc) is 2.43. The van der Waals surface area contributed by atoms with Crippen molar-refractivity contribution in [2.75, 3.05) is 6.54 Å². The number of benzene rings is 1. The molecule has 2 rings (SSSR count). The lowest BCUT2D eigenvalue weighted by molar-refractivity contribution is -0.384. The van der Waals surface area contributed by atoms with E-state index in [1.165, 1.54) is 12.1 Å². The fraction of sp³-hybridized carbons (Fsp3) is 0.500. The molecule has 1 aromatic carbocycles. The molecule has 1 aromatic rings. The van der Waals surface area contributed by atoms with Gasteiger partial charge in [-0.3, -0.25) is 15.1 Å².